The zero-order chi connectivity index (χ0) is 32.4. The Hall–Kier alpha value is -5.92. The molecule has 0 bridgehead atoms. The first-order valence-corrected chi connectivity index (χ1v) is 16.8. The SMILES string of the molecule is C=C/C(=C\C/C(N)=C/C=C\C)c1cc2c(c3ccccc13)C1(c3ccccc3-c3ccccc31)c1c-2c2ccccc2c2ccccc12. The molecule has 0 unspecified atom stereocenters. The van der Waals surface area contributed by atoms with Crippen LogP contribution in [0.3, 0.4) is 0 Å². The zero-order valence-electron chi connectivity index (χ0n) is 27.0. The molecule has 48 heavy (non-hydrogen) atoms. The van der Waals surface area contributed by atoms with Crippen molar-refractivity contribution in [2.45, 2.75) is 18.8 Å². The van der Waals surface area contributed by atoms with Gasteiger partial charge in [0, 0.05) is 12.1 Å². The Bertz CT molecular complexity index is 2530. The molecular formula is C47H35N. The van der Waals surface area contributed by atoms with Gasteiger partial charge in [-0.25, -0.2) is 0 Å². The molecule has 1 spiro atoms. The Morgan fingerprint density at radius 3 is 1.77 bits per heavy atom. The van der Waals surface area contributed by atoms with E-state index in [9.17, 15) is 0 Å². The molecule has 0 saturated heterocycles. The molecule has 1 nitrogen and oxygen atoms in total. The summed E-state index contributed by atoms with van der Waals surface area (Å²) in [6.45, 7) is 6.31. The van der Waals surface area contributed by atoms with E-state index in [0.717, 1.165) is 11.3 Å². The van der Waals surface area contributed by atoms with E-state index >= 15 is 0 Å². The van der Waals surface area contributed by atoms with E-state index in [1.54, 1.807) is 0 Å². The van der Waals surface area contributed by atoms with Crippen molar-refractivity contribution in [3.05, 3.63) is 198 Å². The van der Waals surface area contributed by atoms with Crippen molar-refractivity contribution >= 4 is 37.9 Å². The maximum Gasteiger partial charge on any atom is 0.0737 e. The third-order valence-electron chi connectivity index (χ3n) is 10.5. The van der Waals surface area contributed by atoms with Gasteiger partial charge < -0.3 is 5.73 Å². The van der Waals surface area contributed by atoms with Crippen molar-refractivity contribution in [2.75, 3.05) is 0 Å². The zero-order valence-corrected chi connectivity index (χ0v) is 27.0. The second-order valence-electron chi connectivity index (χ2n) is 12.9. The number of nitrogens with two attached hydrogens (primary N) is 1. The van der Waals surface area contributed by atoms with Crippen LogP contribution in [0.2, 0.25) is 0 Å². The van der Waals surface area contributed by atoms with Crippen molar-refractivity contribution in [1.82, 2.24) is 0 Å². The summed E-state index contributed by atoms with van der Waals surface area (Å²) in [5.74, 6) is 0. The van der Waals surface area contributed by atoms with Crippen LogP contribution in [0.4, 0.5) is 0 Å². The fourth-order valence-electron chi connectivity index (χ4n) is 8.74. The van der Waals surface area contributed by atoms with Gasteiger partial charge >= 0.3 is 0 Å². The van der Waals surface area contributed by atoms with E-state index in [-0.39, 0.29) is 0 Å². The molecule has 0 aliphatic heterocycles. The van der Waals surface area contributed by atoms with Gasteiger partial charge in [-0.3, -0.25) is 0 Å². The number of hydrogen-bond acceptors (Lipinski definition) is 1. The smallest absolute Gasteiger partial charge is 0.0737 e. The Kier molecular flexibility index (Phi) is 6.39. The molecule has 0 fully saturated rings. The Balaban J connectivity index is 1.50. The van der Waals surface area contributed by atoms with Crippen LogP contribution in [0.5, 0.6) is 0 Å². The highest BCUT2D eigenvalue weighted by Gasteiger charge is 2.53. The summed E-state index contributed by atoms with van der Waals surface area (Å²) < 4.78 is 0. The van der Waals surface area contributed by atoms with Gasteiger partial charge in [-0.05, 0) is 107 Å². The Labute approximate surface area is 281 Å². The summed E-state index contributed by atoms with van der Waals surface area (Å²) in [6, 6.07) is 47.6. The molecule has 0 heterocycles. The van der Waals surface area contributed by atoms with Crippen molar-refractivity contribution in [1.29, 1.82) is 0 Å². The van der Waals surface area contributed by atoms with Gasteiger partial charge in [0.05, 0.1) is 5.41 Å². The van der Waals surface area contributed by atoms with Gasteiger partial charge in [0.25, 0.3) is 0 Å². The average molecular weight is 614 g/mol. The lowest BCUT2D eigenvalue weighted by Crippen LogP contribution is -2.26. The first kappa shape index (κ1) is 28.3. The molecule has 7 aromatic rings. The summed E-state index contributed by atoms with van der Waals surface area (Å²) in [7, 11) is 0. The van der Waals surface area contributed by atoms with E-state index in [0.29, 0.717) is 6.42 Å². The second kappa shape index (κ2) is 10.8. The first-order valence-electron chi connectivity index (χ1n) is 16.8. The Morgan fingerprint density at radius 1 is 0.625 bits per heavy atom. The molecule has 9 rings (SSSR count). The van der Waals surface area contributed by atoms with Crippen LogP contribution < -0.4 is 5.73 Å². The Morgan fingerprint density at radius 2 is 1.15 bits per heavy atom. The lowest BCUT2D eigenvalue weighted by Gasteiger charge is -2.33. The molecule has 0 atom stereocenters. The van der Waals surface area contributed by atoms with Crippen LogP contribution in [-0.2, 0) is 5.41 Å². The summed E-state index contributed by atoms with van der Waals surface area (Å²) in [4.78, 5) is 0. The van der Waals surface area contributed by atoms with Crippen LogP contribution in [-0.4, -0.2) is 0 Å². The standard InChI is InChI=1S/C47H35N/c1-3-5-16-31(48)28-27-30(4-2)40-29-41-44-37-22-9-6-17-32(37)33-18-7-11-24-39(33)46(44)47(45(41)38-23-10-8-19-34(38)40)42-25-14-12-20-35(42)36-21-13-15-26-43(36)47/h3-27,29H,2,28,48H2,1H3/b5-3-,30-27+,31-16-. The highest BCUT2D eigenvalue weighted by Crippen LogP contribution is 2.66. The number of allylic oxidation sites excluding steroid dienone is 6. The quantitative estimate of drug-likeness (QED) is 0.152. The number of benzene rings is 7. The highest BCUT2D eigenvalue weighted by molar-refractivity contribution is 6.22. The normalized spacial score (nSPS) is 14.5. The van der Waals surface area contributed by atoms with Gasteiger partial charge in [-0.15, -0.1) is 0 Å². The maximum atomic E-state index is 6.42. The largest absolute Gasteiger partial charge is 0.402 e. The van der Waals surface area contributed by atoms with E-state index in [2.05, 4.69) is 140 Å². The van der Waals surface area contributed by atoms with E-state index in [4.69, 9.17) is 5.73 Å². The minimum Gasteiger partial charge on any atom is -0.402 e. The molecule has 0 aromatic heterocycles. The molecule has 1 heteroatoms. The van der Waals surface area contributed by atoms with Crippen molar-refractivity contribution in [3.63, 3.8) is 0 Å². The minimum absolute atomic E-state index is 0.489. The molecule has 0 radical (unpaired) electrons. The van der Waals surface area contributed by atoms with Gasteiger partial charge in [-0.2, -0.15) is 0 Å². The number of hydrogen-bond donors (Lipinski definition) is 1. The third kappa shape index (κ3) is 3.73. The molecule has 0 amide bonds. The maximum absolute atomic E-state index is 6.42. The minimum atomic E-state index is -0.489. The van der Waals surface area contributed by atoms with Crippen LogP contribution in [0.15, 0.2) is 170 Å². The van der Waals surface area contributed by atoms with Gasteiger partial charge in [0.1, 0.15) is 0 Å². The molecular weight excluding hydrogens is 579 g/mol. The second-order valence-corrected chi connectivity index (χ2v) is 12.9. The van der Waals surface area contributed by atoms with E-state index < -0.39 is 5.41 Å². The lowest BCUT2D eigenvalue weighted by atomic mass is 9.68. The van der Waals surface area contributed by atoms with Crippen molar-refractivity contribution in [3.8, 4) is 22.3 Å². The predicted molar refractivity (Wildman–Crippen MR) is 205 cm³/mol. The monoisotopic (exact) mass is 613 g/mol. The fraction of sp³-hybridized carbons (Fsp3) is 0.0638. The summed E-state index contributed by atoms with van der Waals surface area (Å²) >= 11 is 0. The topological polar surface area (TPSA) is 26.0 Å². The number of fused-ring (bicyclic) bond motifs is 17. The molecule has 2 aliphatic carbocycles. The van der Waals surface area contributed by atoms with Crippen LogP contribution in [0.25, 0.3) is 60.1 Å². The third-order valence-corrected chi connectivity index (χ3v) is 10.5. The van der Waals surface area contributed by atoms with Crippen LogP contribution in [0, 0.1) is 0 Å². The van der Waals surface area contributed by atoms with E-state index in [1.165, 1.54) is 82.4 Å². The number of rotatable bonds is 5. The molecule has 7 aromatic carbocycles. The predicted octanol–water partition coefficient (Wildman–Crippen LogP) is 11.9. The van der Waals surface area contributed by atoms with Crippen molar-refractivity contribution < 1.29 is 0 Å². The average Bonchev–Trinajstić information content (AvgIpc) is 3.62. The van der Waals surface area contributed by atoms with Gasteiger partial charge in [0.2, 0.25) is 0 Å². The molecule has 2 aliphatic rings. The molecule has 2 N–H and O–H groups in total. The lowest BCUT2D eigenvalue weighted by molar-refractivity contribution is 0.809. The fourth-order valence-corrected chi connectivity index (χ4v) is 8.74. The summed E-state index contributed by atoms with van der Waals surface area (Å²) in [5, 5.41) is 7.66. The van der Waals surface area contributed by atoms with Crippen LogP contribution >= 0.6 is 0 Å². The first-order chi connectivity index (χ1) is 23.7. The molecule has 228 valence electrons. The van der Waals surface area contributed by atoms with E-state index in [1.807, 2.05) is 31.2 Å². The summed E-state index contributed by atoms with van der Waals surface area (Å²) in [5.41, 5.74) is 19.7. The molecule has 0 saturated carbocycles. The van der Waals surface area contributed by atoms with Gasteiger partial charge in [0.15, 0.2) is 0 Å². The van der Waals surface area contributed by atoms with Crippen LogP contribution in [0.1, 0.15) is 41.2 Å². The summed E-state index contributed by atoms with van der Waals surface area (Å²) in [6.07, 6.45) is 10.8. The van der Waals surface area contributed by atoms with Gasteiger partial charge in [-0.1, -0.05) is 152 Å². The van der Waals surface area contributed by atoms with Crippen molar-refractivity contribution in [2.24, 2.45) is 5.73 Å². The highest BCUT2D eigenvalue weighted by atomic mass is 14.6.